The van der Waals surface area contributed by atoms with Gasteiger partial charge in [-0.15, -0.1) is 0 Å². The summed E-state index contributed by atoms with van der Waals surface area (Å²) in [4.78, 5) is 0. The van der Waals surface area contributed by atoms with E-state index in [-0.39, 0.29) is 16.8 Å². The van der Waals surface area contributed by atoms with Crippen molar-refractivity contribution in [1.29, 1.82) is 0 Å². The molecule has 0 radical (unpaired) electrons. The summed E-state index contributed by atoms with van der Waals surface area (Å²) in [5.41, 5.74) is -0.617. The van der Waals surface area contributed by atoms with E-state index in [1.165, 1.54) is 12.1 Å². The van der Waals surface area contributed by atoms with Crippen molar-refractivity contribution in [2.24, 2.45) is 0 Å². The number of rotatable bonds is 5. The van der Waals surface area contributed by atoms with Gasteiger partial charge in [-0.25, -0.2) is 0 Å². The fourth-order valence-corrected chi connectivity index (χ4v) is 1.90. The van der Waals surface area contributed by atoms with Gasteiger partial charge < -0.3 is 5.32 Å². The second kappa shape index (κ2) is 6.32. The molecule has 1 rings (SSSR count). The molecule has 0 aliphatic rings. The van der Waals surface area contributed by atoms with Gasteiger partial charge in [0.1, 0.15) is 0 Å². The summed E-state index contributed by atoms with van der Waals surface area (Å²) in [7, 11) is 0. The van der Waals surface area contributed by atoms with E-state index in [0.29, 0.717) is 0 Å². The molecule has 0 spiro atoms. The third-order valence-corrected chi connectivity index (χ3v) is 2.91. The van der Waals surface area contributed by atoms with Gasteiger partial charge in [-0.1, -0.05) is 31.4 Å². The number of benzene rings is 1. The summed E-state index contributed by atoms with van der Waals surface area (Å²) >= 11 is 5.62. The van der Waals surface area contributed by atoms with E-state index in [9.17, 15) is 13.2 Å². The predicted molar refractivity (Wildman–Crippen MR) is 69.1 cm³/mol. The Kier molecular flexibility index (Phi) is 5.32. The van der Waals surface area contributed by atoms with Crippen molar-refractivity contribution in [1.82, 2.24) is 0 Å². The molecule has 1 atom stereocenters. The van der Waals surface area contributed by atoms with Gasteiger partial charge in [0, 0.05) is 16.8 Å². The maximum atomic E-state index is 12.8. The summed E-state index contributed by atoms with van der Waals surface area (Å²) in [5.74, 6) is 0. The largest absolute Gasteiger partial charge is 0.418 e. The smallest absolute Gasteiger partial charge is 0.382 e. The van der Waals surface area contributed by atoms with Gasteiger partial charge in [-0.2, -0.15) is 13.2 Å². The summed E-state index contributed by atoms with van der Waals surface area (Å²) < 4.78 is 38.5. The molecule has 0 saturated heterocycles. The lowest BCUT2D eigenvalue weighted by Gasteiger charge is -2.19. The van der Waals surface area contributed by atoms with Crippen LogP contribution in [0.1, 0.15) is 38.7 Å². The third-order valence-electron chi connectivity index (χ3n) is 2.68. The molecule has 0 fully saturated rings. The Bertz CT molecular complexity index is 390. The van der Waals surface area contributed by atoms with E-state index in [4.69, 9.17) is 11.6 Å². The molecule has 1 aromatic carbocycles. The monoisotopic (exact) mass is 279 g/mol. The van der Waals surface area contributed by atoms with Crippen LogP contribution in [-0.4, -0.2) is 6.04 Å². The number of halogens is 4. The molecular formula is C13H17ClF3N. The van der Waals surface area contributed by atoms with E-state index in [1.807, 2.05) is 6.92 Å². The van der Waals surface area contributed by atoms with Crippen molar-refractivity contribution in [3.05, 3.63) is 28.8 Å². The fourth-order valence-electron chi connectivity index (χ4n) is 1.72. The average Bonchev–Trinajstić information content (AvgIpc) is 2.27. The van der Waals surface area contributed by atoms with Crippen LogP contribution in [0, 0.1) is 0 Å². The molecule has 102 valence electrons. The highest BCUT2D eigenvalue weighted by molar-refractivity contribution is 6.30. The normalized spacial score (nSPS) is 13.4. The fraction of sp³-hybridized carbons (Fsp3) is 0.538. The summed E-state index contributed by atoms with van der Waals surface area (Å²) in [6.45, 7) is 3.93. The number of anilines is 1. The molecule has 0 saturated carbocycles. The highest BCUT2D eigenvalue weighted by Crippen LogP contribution is 2.36. The first-order valence-electron chi connectivity index (χ1n) is 5.98. The minimum absolute atomic E-state index is 0.00669. The van der Waals surface area contributed by atoms with Gasteiger partial charge in [-0.05, 0) is 31.5 Å². The average molecular weight is 280 g/mol. The second-order valence-corrected chi connectivity index (χ2v) is 4.81. The zero-order valence-electron chi connectivity index (χ0n) is 10.4. The first kappa shape index (κ1) is 15.2. The minimum atomic E-state index is -4.39. The van der Waals surface area contributed by atoms with Crippen LogP contribution in [0.25, 0.3) is 0 Å². The molecule has 0 aliphatic heterocycles. The zero-order chi connectivity index (χ0) is 13.8. The van der Waals surface area contributed by atoms with E-state index in [1.54, 1.807) is 0 Å². The molecule has 0 aromatic heterocycles. The summed E-state index contributed by atoms with van der Waals surface area (Å²) in [5, 5.41) is 2.99. The first-order valence-corrected chi connectivity index (χ1v) is 6.35. The van der Waals surface area contributed by atoms with Crippen molar-refractivity contribution in [2.45, 2.75) is 45.3 Å². The molecule has 18 heavy (non-hydrogen) atoms. The molecule has 5 heteroatoms. The minimum Gasteiger partial charge on any atom is -0.382 e. The molecule has 0 heterocycles. The Hall–Kier alpha value is -0.900. The van der Waals surface area contributed by atoms with Crippen LogP contribution in [0.2, 0.25) is 5.02 Å². The van der Waals surface area contributed by atoms with Crippen molar-refractivity contribution in [3.63, 3.8) is 0 Å². The van der Waals surface area contributed by atoms with Gasteiger partial charge in [0.25, 0.3) is 0 Å². The zero-order valence-corrected chi connectivity index (χ0v) is 11.2. The molecule has 0 amide bonds. The SMILES string of the molecule is CCCCC(C)Nc1ccc(Cl)cc1C(F)(F)F. The Morgan fingerprint density at radius 2 is 2.00 bits per heavy atom. The molecule has 1 aromatic rings. The lowest BCUT2D eigenvalue weighted by atomic mass is 10.1. The molecule has 0 bridgehead atoms. The second-order valence-electron chi connectivity index (χ2n) is 4.38. The number of hydrogen-bond acceptors (Lipinski definition) is 1. The molecule has 1 N–H and O–H groups in total. The molecular weight excluding hydrogens is 263 g/mol. The van der Waals surface area contributed by atoms with Crippen molar-refractivity contribution in [3.8, 4) is 0 Å². The lowest BCUT2D eigenvalue weighted by molar-refractivity contribution is -0.137. The number of alkyl halides is 3. The maximum absolute atomic E-state index is 12.8. The Morgan fingerprint density at radius 3 is 2.56 bits per heavy atom. The van der Waals surface area contributed by atoms with Crippen LogP contribution >= 0.6 is 11.6 Å². The topological polar surface area (TPSA) is 12.0 Å². The van der Waals surface area contributed by atoms with E-state index in [0.717, 1.165) is 25.3 Å². The highest BCUT2D eigenvalue weighted by atomic mass is 35.5. The predicted octanol–water partition coefficient (Wildman–Crippen LogP) is 5.35. The van der Waals surface area contributed by atoms with Gasteiger partial charge >= 0.3 is 6.18 Å². The molecule has 1 unspecified atom stereocenters. The highest BCUT2D eigenvalue weighted by Gasteiger charge is 2.33. The van der Waals surface area contributed by atoms with Crippen LogP contribution in [0.15, 0.2) is 18.2 Å². The standard InChI is InChI=1S/C13H17ClF3N/c1-3-4-5-9(2)18-12-7-6-10(14)8-11(12)13(15,16)17/h6-9,18H,3-5H2,1-2H3. The van der Waals surface area contributed by atoms with Crippen molar-refractivity contribution in [2.75, 3.05) is 5.32 Å². The van der Waals surface area contributed by atoms with Gasteiger partial charge in [0.15, 0.2) is 0 Å². The van der Waals surface area contributed by atoms with Gasteiger partial charge in [0.2, 0.25) is 0 Å². The number of nitrogens with one attached hydrogen (secondary N) is 1. The molecule has 0 aliphatic carbocycles. The van der Waals surface area contributed by atoms with Crippen LogP contribution in [0.4, 0.5) is 18.9 Å². The van der Waals surface area contributed by atoms with Crippen LogP contribution < -0.4 is 5.32 Å². The Morgan fingerprint density at radius 1 is 1.33 bits per heavy atom. The van der Waals surface area contributed by atoms with E-state index >= 15 is 0 Å². The van der Waals surface area contributed by atoms with Gasteiger partial charge in [-0.3, -0.25) is 0 Å². The summed E-state index contributed by atoms with van der Waals surface area (Å²) in [6, 6.07) is 3.81. The molecule has 1 nitrogen and oxygen atoms in total. The van der Waals surface area contributed by atoms with Crippen LogP contribution in [0.3, 0.4) is 0 Å². The van der Waals surface area contributed by atoms with Crippen molar-refractivity contribution < 1.29 is 13.2 Å². The van der Waals surface area contributed by atoms with Crippen molar-refractivity contribution >= 4 is 17.3 Å². The number of unbranched alkanes of at least 4 members (excludes halogenated alkanes) is 1. The Balaban J connectivity index is 2.88. The van der Waals surface area contributed by atoms with Gasteiger partial charge in [0.05, 0.1) is 5.56 Å². The maximum Gasteiger partial charge on any atom is 0.418 e. The van der Waals surface area contributed by atoms with Crippen LogP contribution in [-0.2, 0) is 6.18 Å². The summed E-state index contributed by atoms with van der Waals surface area (Å²) in [6.07, 6.45) is -1.53. The third kappa shape index (κ3) is 4.41. The van der Waals surface area contributed by atoms with E-state index in [2.05, 4.69) is 12.2 Å². The lowest BCUT2D eigenvalue weighted by Crippen LogP contribution is -2.18. The van der Waals surface area contributed by atoms with Crippen LogP contribution in [0.5, 0.6) is 0 Å². The van der Waals surface area contributed by atoms with E-state index < -0.39 is 11.7 Å². The quantitative estimate of drug-likeness (QED) is 0.766. The Labute approximate surface area is 110 Å². The number of hydrogen-bond donors (Lipinski definition) is 1. The first-order chi connectivity index (χ1) is 8.34.